The number of Topliss-reactive ketones (excluding diaryl/α,β-unsaturated/α-hetero) is 2. The molecule has 0 unspecified atom stereocenters. The summed E-state index contributed by atoms with van der Waals surface area (Å²) in [6, 6.07) is 9.69. The Bertz CT molecular complexity index is 886. The van der Waals surface area contributed by atoms with Gasteiger partial charge in [0.15, 0.2) is 23.2 Å². The number of halogens is 3. The maximum Gasteiger partial charge on any atom is 0.182 e. The molecule has 0 bridgehead atoms. The Kier molecular flexibility index (Phi) is 5.32. The molecule has 0 atom stereocenters. The monoisotopic (exact) mass is 375 g/mol. The van der Waals surface area contributed by atoms with Crippen molar-refractivity contribution in [3.8, 4) is 0 Å². The number of rotatable bonds is 6. The molecular formula is C19H14ClF2N2O2. The van der Waals surface area contributed by atoms with Gasteiger partial charge in [-0.15, -0.1) is 0 Å². The lowest BCUT2D eigenvalue weighted by molar-refractivity contribution is 0.0947. The Labute approximate surface area is 154 Å². The molecule has 4 nitrogen and oxygen atoms in total. The minimum Gasteiger partial charge on any atom is -0.345 e. The first-order chi connectivity index (χ1) is 12.4. The molecule has 2 aromatic carbocycles. The second-order valence-corrected chi connectivity index (χ2v) is 6.18. The third-order valence-corrected chi connectivity index (χ3v) is 4.02. The van der Waals surface area contributed by atoms with Crippen LogP contribution in [-0.2, 0) is 0 Å². The topological polar surface area (TPSA) is 40.6 Å². The Hall–Kier alpha value is -2.73. The Morgan fingerprint density at radius 3 is 2.04 bits per heavy atom. The fraction of sp³-hybridized carbons (Fsp3) is 0.105. The summed E-state index contributed by atoms with van der Waals surface area (Å²) in [6.07, 6.45) is 3.28. The molecule has 1 heterocycles. The van der Waals surface area contributed by atoms with Gasteiger partial charge in [0.05, 0.1) is 13.1 Å². The van der Waals surface area contributed by atoms with Gasteiger partial charge in [-0.05, 0) is 30.3 Å². The minimum atomic E-state index is -1.06. The highest BCUT2D eigenvalue weighted by atomic mass is 35.5. The fourth-order valence-electron chi connectivity index (χ4n) is 2.47. The maximum absolute atomic E-state index is 13.2. The van der Waals surface area contributed by atoms with Crippen molar-refractivity contribution in [2.24, 2.45) is 0 Å². The molecule has 0 aliphatic carbocycles. The van der Waals surface area contributed by atoms with Gasteiger partial charge in [-0.25, -0.2) is 8.78 Å². The molecule has 0 fully saturated rings. The van der Waals surface area contributed by atoms with Crippen LogP contribution < -0.4 is 0 Å². The van der Waals surface area contributed by atoms with Crippen LogP contribution in [0.3, 0.4) is 0 Å². The largest absolute Gasteiger partial charge is 0.345 e. The van der Waals surface area contributed by atoms with Gasteiger partial charge in [-0.1, -0.05) is 23.7 Å². The number of carbonyl (C=O) groups is 2. The third-order valence-electron chi connectivity index (χ3n) is 3.79. The zero-order chi connectivity index (χ0) is 18.7. The number of nitrogens with zero attached hydrogens (tertiary/aromatic N) is 2. The van der Waals surface area contributed by atoms with Crippen LogP contribution in [0.1, 0.15) is 20.7 Å². The SMILES string of the molecule is O=C(CN1[CH]N(CC(=O)c2ccc(F)c(F)c2)C=C1)c1cccc(Cl)c1. The second kappa shape index (κ2) is 7.66. The summed E-state index contributed by atoms with van der Waals surface area (Å²) >= 11 is 5.88. The van der Waals surface area contributed by atoms with Crippen molar-refractivity contribution in [2.45, 2.75) is 0 Å². The quantitative estimate of drug-likeness (QED) is 0.718. The summed E-state index contributed by atoms with van der Waals surface area (Å²) in [4.78, 5) is 27.6. The Morgan fingerprint density at radius 2 is 1.46 bits per heavy atom. The molecule has 0 aromatic heterocycles. The van der Waals surface area contributed by atoms with E-state index in [9.17, 15) is 18.4 Å². The molecule has 1 radical (unpaired) electrons. The van der Waals surface area contributed by atoms with Crippen LogP contribution >= 0.6 is 11.6 Å². The minimum absolute atomic E-state index is 0.0522. The first kappa shape index (κ1) is 18.1. The predicted molar refractivity (Wildman–Crippen MR) is 93.3 cm³/mol. The number of hydrogen-bond acceptors (Lipinski definition) is 4. The van der Waals surface area contributed by atoms with Gasteiger partial charge in [-0.2, -0.15) is 0 Å². The van der Waals surface area contributed by atoms with Gasteiger partial charge >= 0.3 is 0 Å². The fourth-order valence-corrected chi connectivity index (χ4v) is 2.66. The standard InChI is InChI=1S/C19H14ClF2N2O2/c20-15-3-1-2-13(8-15)18(25)10-23-6-7-24(12-23)11-19(26)14-4-5-16(21)17(22)9-14/h1-9,12H,10-11H2. The van der Waals surface area contributed by atoms with Crippen molar-refractivity contribution in [2.75, 3.05) is 13.1 Å². The van der Waals surface area contributed by atoms with Crippen LogP contribution in [-0.4, -0.2) is 34.5 Å². The van der Waals surface area contributed by atoms with Crippen LogP contribution in [0.15, 0.2) is 54.9 Å². The molecular weight excluding hydrogens is 362 g/mol. The number of carbonyl (C=O) groups excluding carboxylic acids is 2. The van der Waals surface area contributed by atoms with E-state index < -0.39 is 11.6 Å². The summed E-state index contributed by atoms with van der Waals surface area (Å²) in [7, 11) is 0. The van der Waals surface area contributed by atoms with E-state index in [1.54, 1.807) is 53.1 Å². The lowest BCUT2D eigenvalue weighted by Crippen LogP contribution is -2.28. The maximum atomic E-state index is 13.2. The van der Waals surface area contributed by atoms with E-state index >= 15 is 0 Å². The average molecular weight is 376 g/mol. The molecule has 1 aliphatic heterocycles. The molecule has 3 rings (SSSR count). The van der Waals surface area contributed by atoms with Gasteiger partial charge < -0.3 is 9.80 Å². The van der Waals surface area contributed by atoms with E-state index in [1.165, 1.54) is 6.07 Å². The molecule has 0 spiro atoms. The summed E-state index contributed by atoms with van der Waals surface area (Å²) in [5.74, 6) is -2.56. The molecule has 133 valence electrons. The molecule has 26 heavy (non-hydrogen) atoms. The molecule has 2 aromatic rings. The van der Waals surface area contributed by atoms with Gasteiger partial charge in [0.25, 0.3) is 0 Å². The van der Waals surface area contributed by atoms with E-state index in [0.717, 1.165) is 12.1 Å². The van der Waals surface area contributed by atoms with Crippen molar-refractivity contribution < 1.29 is 18.4 Å². The highest BCUT2D eigenvalue weighted by Crippen LogP contribution is 2.16. The van der Waals surface area contributed by atoms with Crippen molar-refractivity contribution in [3.05, 3.63) is 89.3 Å². The van der Waals surface area contributed by atoms with Crippen molar-refractivity contribution >= 4 is 23.2 Å². The summed E-state index contributed by atoms with van der Waals surface area (Å²) in [6.45, 7) is 1.64. The highest BCUT2D eigenvalue weighted by molar-refractivity contribution is 6.31. The second-order valence-electron chi connectivity index (χ2n) is 5.74. The smallest absolute Gasteiger partial charge is 0.182 e. The summed E-state index contributed by atoms with van der Waals surface area (Å²) in [5, 5.41) is 0.482. The van der Waals surface area contributed by atoms with Crippen LogP contribution in [0.4, 0.5) is 8.78 Å². The number of benzene rings is 2. The van der Waals surface area contributed by atoms with Crippen LogP contribution in [0, 0.1) is 18.3 Å². The van der Waals surface area contributed by atoms with Gasteiger partial charge in [0.1, 0.15) is 6.67 Å². The molecule has 0 saturated heterocycles. The van der Waals surface area contributed by atoms with Crippen molar-refractivity contribution in [1.29, 1.82) is 0 Å². The molecule has 0 N–H and O–H groups in total. The lowest BCUT2D eigenvalue weighted by Gasteiger charge is -2.19. The average Bonchev–Trinajstić information content (AvgIpc) is 3.04. The van der Waals surface area contributed by atoms with Crippen molar-refractivity contribution in [3.63, 3.8) is 0 Å². The number of ketones is 2. The highest BCUT2D eigenvalue weighted by Gasteiger charge is 2.20. The molecule has 7 heteroatoms. The molecule has 0 amide bonds. The van der Waals surface area contributed by atoms with Gasteiger partial charge in [0.2, 0.25) is 0 Å². The third kappa shape index (κ3) is 4.26. The molecule has 0 saturated carbocycles. The van der Waals surface area contributed by atoms with Gasteiger partial charge in [0, 0.05) is 28.5 Å². The van der Waals surface area contributed by atoms with Crippen LogP contribution in [0.5, 0.6) is 0 Å². The summed E-state index contributed by atoms with van der Waals surface area (Å²) < 4.78 is 26.2. The zero-order valence-electron chi connectivity index (χ0n) is 13.5. The summed E-state index contributed by atoms with van der Waals surface area (Å²) in [5.41, 5.74) is 0.578. The van der Waals surface area contributed by atoms with Crippen LogP contribution in [0.25, 0.3) is 0 Å². The Balaban J connectivity index is 1.55. The Morgan fingerprint density at radius 1 is 0.846 bits per heavy atom. The zero-order valence-corrected chi connectivity index (χ0v) is 14.3. The van der Waals surface area contributed by atoms with Gasteiger partial charge in [-0.3, -0.25) is 9.59 Å². The van der Waals surface area contributed by atoms with E-state index in [1.807, 2.05) is 0 Å². The normalized spacial score (nSPS) is 13.3. The lowest BCUT2D eigenvalue weighted by atomic mass is 10.1. The first-order valence-electron chi connectivity index (χ1n) is 7.74. The first-order valence-corrected chi connectivity index (χ1v) is 8.12. The van der Waals surface area contributed by atoms with E-state index in [0.29, 0.717) is 10.6 Å². The van der Waals surface area contributed by atoms with E-state index in [4.69, 9.17) is 11.6 Å². The molecule has 1 aliphatic rings. The number of hydrogen-bond donors (Lipinski definition) is 0. The predicted octanol–water partition coefficient (Wildman–Crippen LogP) is 3.89. The van der Waals surface area contributed by atoms with Crippen molar-refractivity contribution in [1.82, 2.24) is 9.80 Å². The van der Waals surface area contributed by atoms with E-state index in [2.05, 4.69) is 0 Å². The van der Waals surface area contributed by atoms with E-state index in [-0.39, 0.29) is 30.2 Å². The van der Waals surface area contributed by atoms with Crippen LogP contribution in [0.2, 0.25) is 5.02 Å².